The van der Waals surface area contributed by atoms with Gasteiger partial charge < -0.3 is 0 Å². The van der Waals surface area contributed by atoms with Gasteiger partial charge in [-0.25, -0.2) is 14.4 Å². The zero-order chi connectivity index (χ0) is 14.7. The molecule has 1 aromatic heterocycles. The van der Waals surface area contributed by atoms with Crippen LogP contribution in [-0.2, 0) is 0 Å². The molecule has 0 saturated heterocycles. The predicted molar refractivity (Wildman–Crippen MR) is 75.5 cm³/mol. The van der Waals surface area contributed by atoms with Gasteiger partial charge in [0.2, 0.25) is 0 Å². The second-order valence-corrected chi connectivity index (χ2v) is 2.92. The molecule has 0 aliphatic carbocycles. The molecule has 0 atom stereocenters. The summed E-state index contributed by atoms with van der Waals surface area (Å²) in [5, 5.41) is 0. The molecule has 0 unspecified atom stereocenters. The number of aldehydes is 1. The molecule has 2 rings (SSSR count). The maximum atomic E-state index is 12.9. The number of halogens is 1. The van der Waals surface area contributed by atoms with Crippen LogP contribution in [0.25, 0.3) is 11.4 Å². The number of carbonyl (C=O) groups excluding carboxylic acids is 1. The highest BCUT2D eigenvalue weighted by molar-refractivity contribution is 5.85. The van der Waals surface area contributed by atoms with Gasteiger partial charge in [0.15, 0.2) is 12.1 Å². The predicted octanol–water partition coefficient (Wildman–Crippen LogP) is 4.15. The zero-order valence-electron chi connectivity index (χ0n) is 11.7. The Morgan fingerprint density at radius 2 is 1.63 bits per heavy atom. The summed E-state index contributed by atoms with van der Waals surface area (Å²) in [7, 11) is 0. The summed E-state index contributed by atoms with van der Waals surface area (Å²) in [6.45, 7) is 8.00. The summed E-state index contributed by atoms with van der Waals surface area (Å²) in [5.74, 6) is -0.0311. The minimum Gasteiger partial charge on any atom is -0.298 e. The number of carbonyl (C=O) groups is 1. The molecule has 0 radical (unpaired) electrons. The monoisotopic (exact) mass is 262 g/mol. The first kappa shape index (κ1) is 16.9. The first-order chi connectivity index (χ1) is 9.31. The van der Waals surface area contributed by atoms with Crippen molar-refractivity contribution in [3.05, 3.63) is 48.0 Å². The fourth-order valence-electron chi connectivity index (χ4n) is 1.27. The molecule has 0 spiro atoms. The van der Waals surface area contributed by atoms with E-state index in [2.05, 4.69) is 9.97 Å². The van der Waals surface area contributed by atoms with Gasteiger partial charge >= 0.3 is 0 Å². The van der Waals surface area contributed by atoms with Gasteiger partial charge in [0.25, 0.3) is 0 Å². The standard InChI is InChI=1S/C11H7FN2O.2C2H6/c12-9-2-3-10(8(6-9)7-15)11-13-4-1-5-14-11;2*1-2/h1-7H;2*1-2H3. The summed E-state index contributed by atoms with van der Waals surface area (Å²) >= 11 is 0. The molecule has 0 fully saturated rings. The van der Waals surface area contributed by atoms with E-state index in [1.165, 1.54) is 18.2 Å². The summed E-state index contributed by atoms with van der Waals surface area (Å²) in [6, 6.07) is 5.61. The Morgan fingerprint density at radius 1 is 1.05 bits per heavy atom. The third-order valence-electron chi connectivity index (χ3n) is 1.95. The van der Waals surface area contributed by atoms with E-state index in [-0.39, 0.29) is 5.56 Å². The van der Waals surface area contributed by atoms with Gasteiger partial charge in [0, 0.05) is 23.5 Å². The molecule has 0 N–H and O–H groups in total. The van der Waals surface area contributed by atoms with Crippen LogP contribution in [0.1, 0.15) is 38.1 Å². The third-order valence-corrected chi connectivity index (χ3v) is 1.95. The highest BCUT2D eigenvalue weighted by Crippen LogP contribution is 2.18. The van der Waals surface area contributed by atoms with Gasteiger partial charge in [-0.15, -0.1) is 0 Å². The highest BCUT2D eigenvalue weighted by Gasteiger charge is 2.07. The number of hydrogen-bond donors (Lipinski definition) is 0. The molecule has 0 amide bonds. The highest BCUT2D eigenvalue weighted by atomic mass is 19.1. The van der Waals surface area contributed by atoms with Crippen LogP contribution in [-0.4, -0.2) is 16.3 Å². The fourth-order valence-corrected chi connectivity index (χ4v) is 1.27. The Balaban J connectivity index is 0.000000741. The van der Waals surface area contributed by atoms with Gasteiger partial charge in [0.05, 0.1) is 0 Å². The van der Waals surface area contributed by atoms with Crippen molar-refractivity contribution in [1.82, 2.24) is 9.97 Å². The average Bonchev–Trinajstić information content (AvgIpc) is 2.52. The largest absolute Gasteiger partial charge is 0.298 e. The van der Waals surface area contributed by atoms with E-state index in [4.69, 9.17) is 0 Å². The van der Waals surface area contributed by atoms with Crippen LogP contribution < -0.4 is 0 Å². The average molecular weight is 262 g/mol. The van der Waals surface area contributed by atoms with Crippen molar-refractivity contribution in [2.24, 2.45) is 0 Å². The van der Waals surface area contributed by atoms with E-state index in [9.17, 15) is 9.18 Å². The summed E-state index contributed by atoms with van der Waals surface area (Å²) in [5.41, 5.74) is 0.785. The summed E-state index contributed by atoms with van der Waals surface area (Å²) in [6.07, 6.45) is 3.73. The van der Waals surface area contributed by atoms with Crippen molar-refractivity contribution in [2.45, 2.75) is 27.7 Å². The molecule has 0 aliphatic heterocycles. The van der Waals surface area contributed by atoms with Crippen LogP contribution in [0, 0.1) is 5.82 Å². The Labute approximate surface area is 113 Å². The van der Waals surface area contributed by atoms with Crippen molar-refractivity contribution >= 4 is 6.29 Å². The molecular formula is C15H19FN2O. The molecular weight excluding hydrogens is 243 g/mol. The number of aromatic nitrogens is 2. The normalized spacial score (nSPS) is 8.47. The number of nitrogens with zero attached hydrogens (tertiary/aromatic N) is 2. The molecule has 4 heteroatoms. The number of rotatable bonds is 2. The van der Waals surface area contributed by atoms with Crippen molar-refractivity contribution in [3.8, 4) is 11.4 Å². The Morgan fingerprint density at radius 3 is 2.16 bits per heavy atom. The lowest BCUT2D eigenvalue weighted by Gasteiger charge is -2.02. The molecule has 1 aromatic carbocycles. The van der Waals surface area contributed by atoms with Gasteiger partial charge in [0.1, 0.15) is 5.82 Å². The lowest BCUT2D eigenvalue weighted by molar-refractivity contribution is 0.112. The molecule has 1 heterocycles. The molecule has 0 aliphatic rings. The second-order valence-electron chi connectivity index (χ2n) is 2.92. The van der Waals surface area contributed by atoms with E-state index >= 15 is 0 Å². The lowest BCUT2D eigenvalue weighted by atomic mass is 10.1. The van der Waals surface area contributed by atoms with Crippen molar-refractivity contribution in [2.75, 3.05) is 0 Å². The van der Waals surface area contributed by atoms with E-state index in [1.807, 2.05) is 27.7 Å². The molecule has 19 heavy (non-hydrogen) atoms. The van der Waals surface area contributed by atoms with Crippen LogP contribution in [0.4, 0.5) is 4.39 Å². The van der Waals surface area contributed by atoms with E-state index in [0.29, 0.717) is 17.7 Å². The van der Waals surface area contributed by atoms with Crippen LogP contribution in [0.2, 0.25) is 0 Å². The summed E-state index contributed by atoms with van der Waals surface area (Å²) < 4.78 is 12.9. The third kappa shape index (κ3) is 4.95. The van der Waals surface area contributed by atoms with Crippen molar-refractivity contribution < 1.29 is 9.18 Å². The molecule has 3 nitrogen and oxygen atoms in total. The quantitative estimate of drug-likeness (QED) is 0.764. The topological polar surface area (TPSA) is 42.9 Å². The van der Waals surface area contributed by atoms with Crippen LogP contribution in [0.5, 0.6) is 0 Å². The fraction of sp³-hybridized carbons (Fsp3) is 0.267. The Bertz CT molecular complexity index is 487. The van der Waals surface area contributed by atoms with Crippen LogP contribution in [0.15, 0.2) is 36.7 Å². The van der Waals surface area contributed by atoms with Crippen LogP contribution in [0.3, 0.4) is 0 Å². The molecule has 0 bridgehead atoms. The number of hydrogen-bond acceptors (Lipinski definition) is 3. The second kappa shape index (κ2) is 9.88. The van der Waals surface area contributed by atoms with Gasteiger partial charge in [-0.05, 0) is 24.3 Å². The maximum absolute atomic E-state index is 12.9. The lowest BCUT2D eigenvalue weighted by Crippen LogP contribution is -1.93. The minimum atomic E-state index is -0.447. The van der Waals surface area contributed by atoms with E-state index in [1.54, 1.807) is 18.5 Å². The van der Waals surface area contributed by atoms with Crippen molar-refractivity contribution in [1.29, 1.82) is 0 Å². The van der Waals surface area contributed by atoms with Gasteiger partial charge in [-0.2, -0.15) is 0 Å². The maximum Gasteiger partial charge on any atom is 0.159 e. The Hall–Kier alpha value is -2.10. The van der Waals surface area contributed by atoms with Gasteiger partial charge in [-0.1, -0.05) is 27.7 Å². The first-order valence-electron chi connectivity index (χ1n) is 6.33. The van der Waals surface area contributed by atoms with Crippen molar-refractivity contribution in [3.63, 3.8) is 0 Å². The molecule has 102 valence electrons. The molecule has 0 saturated carbocycles. The van der Waals surface area contributed by atoms with E-state index in [0.717, 1.165) is 0 Å². The SMILES string of the molecule is CC.CC.O=Cc1cc(F)ccc1-c1ncccn1. The zero-order valence-corrected chi connectivity index (χ0v) is 11.7. The minimum absolute atomic E-state index is 0.251. The summed E-state index contributed by atoms with van der Waals surface area (Å²) in [4.78, 5) is 18.7. The molecule has 2 aromatic rings. The van der Waals surface area contributed by atoms with Gasteiger partial charge in [-0.3, -0.25) is 4.79 Å². The number of benzene rings is 1. The van der Waals surface area contributed by atoms with Crippen LogP contribution >= 0.6 is 0 Å². The van der Waals surface area contributed by atoms with E-state index < -0.39 is 5.82 Å². The smallest absolute Gasteiger partial charge is 0.159 e. The Kier molecular flexibility index (Phi) is 8.79. The first-order valence-corrected chi connectivity index (χ1v) is 6.33.